The minimum Gasteiger partial charge on any atom is -0.353 e. The van der Waals surface area contributed by atoms with Gasteiger partial charge in [-0.15, -0.1) is 0 Å². The van der Waals surface area contributed by atoms with E-state index in [-0.39, 0.29) is 29.6 Å². The number of halogens is 1. The van der Waals surface area contributed by atoms with Gasteiger partial charge in [0.1, 0.15) is 5.82 Å². The van der Waals surface area contributed by atoms with E-state index in [0.29, 0.717) is 18.7 Å². The van der Waals surface area contributed by atoms with E-state index in [1.807, 2.05) is 19.1 Å². The molecule has 0 aliphatic carbocycles. The molecule has 1 aliphatic heterocycles. The first-order valence-electron chi connectivity index (χ1n) is 10.8. The third-order valence-corrected chi connectivity index (χ3v) is 6.11. The van der Waals surface area contributed by atoms with Crippen LogP contribution in [0.5, 0.6) is 0 Å². The molecule has 3 rings (SSSR count). The van der Waals surface area contributed by atoms with Crippen LogP contribution in [0.2, 0.25) is 0 Å². The number of aryl methyl sites for hydroxylation is 1. The Morgan fingerprint density at radius 1 is 1.14 bits per heavy atom. The van der Waals surface area contributed by atoms with Gasteiger partial charge in [-0.1, -0.05) is 56.3 Å². The van der Waals surface area contributed by atoms with Crippen molar-refractivity contribution in [2.45, 2.75) is 58.5 Å². The fourth-order valence-corrected chi connectivity index (χ4v) is 4.11. The van der Waals surface area contributed by atoms with Gasteiger partial charge in [0.25, 0.3) is 0 Å². The summed E-state index contributed by atoms with van der Waals surface area (Å²) in [5, 5.41) is 3.15. The second-order valence-corrected chi connectivity index (χ2v) is 8.33. The fourth-order valence-electron chi connectivity index (χ4n) is 4.11. The van der Waals surface area contributed by atoms with Crippen molar-refractivity contribution in [2.24, 2.45) is 5.92 Å². The first-order chi connectivity index (χ1) is 14.0. The van der Waals surface area contributed by atoms with Gasteiger partial charge in [-0.3, -0.25) is 9.69 Å². The summed E-state index contributed by atoms with van der Waals surface area (Å²) < 4.78 is 14.2. The average molecular weight is 397 g/mol. The van der Waals surface area contributed by atoms with Crippen LogP contribution in [0.1, 0.15) is 56.2 Å². The van der Waals surface area contributed by atoms with Crippen LogP contribution in [0.4, 0.5) is 4.39 Å². The largest absolute Gasteiger partial charge is 0.353 e. The number of nitrogens with one attached hydrogen (secondary N) is 1. The van der Waals surface area contributed by atoms with E-state index in [0.717, 1.165) is 25.8 Å². The standard InChI is InChI=1S/C25H33FN2O/c1-4-18(3)27-25(29)23-14-22(20-12-10-19(5-2)11-13-20)16-28(17-23)15-21-8-6-7-9-24(21)26/h6-13,18,22-23H,4-5,14-17H2,1-3H3,(H,27,29). The molecule has 0 spiro atoms. The van der Waals surface area contributed by atoms with Crippen LogP contribution in [0.25, 0.3) is 0 Å². The quantitative estimate of drug-likeness (QED) is 0.721. The molecule has 0 bridgehead atoms. The second-order valence-electron chi connectivity index (χ2n) is 8.33. The predicted octanol–water partition coefficient (Wildman–Crippen LogP) is 4.91. The molecular formula is C25H33FN2O. The number of amides is 1. The zero-order chi connectivity index (χ0) is 20.8. The maximum absolute atomic E-state index is 14.2. The van der Waals surface area contributed by atoms with E-state index in [1.54, 1.807) is 6.07 Å². The molecule has 0 radical (unpaired) electrons. The zero-order valence-electron chi connectivity index (χ0n) is 17.8. The van der Waals surface area contributed by atoms with E-state index in [9.17, 15) is 9.18 Å². The molecule has 1 fully saturated rings. The Morgan fingerprint density at radius 2 is 1.86 bits per heavy atom. The van der Waals surface area contributed by atoms with Gasteiger partial charge in [-0.25, -0.2) is 4.39 Å². The molecule has 1 saturated heterocycles. The molecule has 156 valence electrons. The number of likely N-dealkylation sites (tertiary alicyclic amines) is 1. The number of benzene rings is 2. The molecule has 29 heavy (non-hydrogen) atoms. The van der Waals surface area contributed by atoms with Crippen molar-refractivity contribution >= 4 is 5.91 Å². The number of rotatable bonds is 7. The summed E-state index contributed by atoms with van der Waals surface area (Å²) in [4.78, 5) is 15.1. The summed E-state index contributed by atoms with van der Waals surface area (Å²) in [7, 11) is 0. The van der Waals surface area contributed by atoms with E-state index in [4.69, 9.17) is 0 Å². The summed E-state index contributed by atoms with van der Waals surface area (Å²) in [6.45, 7) is 8.31. The van der Waals surface area contributed by atoms with Crippen LogP contribution in [0.15, 0.2) is 48.5 Å². The number of piperidine rings is 1. The SMILES string of the molecule is CCc1ccc(C2CC(C(=O)NC(C)CC)CN(Cc3ccccc3F)C2)cc1. The summed E-state index contributed by atoms with van der Waals surface area (Å²) in [5.41, 5.74) is 3.27. The molecule has 3 atom stereocenters. The highest BCUT2D eigenvalue weighted by molar-refractivity contribution is 5.79. The minimum absolute atomic E-state index is 0.0830. The Bertz CT molecular complexity index is 805. The van der Waals surface area contributed by atoms with Crippen molar-refractivity contribution in [1.82, 2.24) is 10.2 Å². The molecule has 1 aliphatic rings. The van der Waals surface area contributed by atoms with Crippen LogP contribution in [-0.4, -0.2) is 29.9 Å². The van der Waals surface area contributed by atoms with Crippen molar-refractivity contribution in [3.8, 4) is 0 Å². The van der Waals surface area contributed by atoms with Crippen LogP contribution < -0.4 is 5.32 Å². The second kappa shape index (κ2) is 10.0. The Morgan fingerprint density at radius 3 is 2.52 bits per heavy atom. The molecule has 1 heterocycles. The molecule has 3 nitrogen and oxygen atoms in total. The van der Waals surface area contributed by atoms with Crippen LogP contribution in [0, 0.1) is 11.7 Å². The summed E-state index contributed by atoms with van der Waals surface area (Å²) >= 11 is 0. The van der Waals surface area contributed by atoms with Crippen molar-refractivity contribution in [2.75, 3.05) is 13.1 Å². The lowest BCUT2D eigenvalue weighted by molar-refractivity contribution is -0.127. The Balaban J connectivity index is 1.80. The maximum Gasteiger partial charge on any atom is 0.224 e. The van der Waals surface area contributed by atoms with Gasteiger partial charge in [-0.2, -0.15) is 0 Å². The molecular weight excluding hydrogens is 363 g/mol. The summed E-state index contributed by atoms with van der Waals surface area (Å²) in [6.07, 6.45) is 2.77. The predicted molar refractivity (Wildman–Crippen MR) is 116 cm³/mol. The van der Waals surface area contributed by atoms with Crippen molar-refractivity contribution in [3.63, 3.8) is 0 Å². The van der Waals surface area contributed by atoms with Crippen molar-refractivity contribution < 1.29 is 9.18 Å². The van der Waals surface area contributed by atoms with E-state index in [1.165, 1.54) is 17.2 Å². The number of carbonyl (C=O) groups is 1. The van der Waals surface area contributed by atoms with Gasteiger partial charge in [0.15, 0.2) is 0 Å². The highest BCUT2D eigenvalue weighted by Gasteiger charge is 2.33. The topological polar surface area (TPSA) is 32.3 Å². The monoisotopic (exact) mass is 396 g/mol. The van der Waals surface area contributed by atoms with Crippen LogP contribution in [-0.2, 0) is 17.8 Å². The van der Waals surface area contributed by atoms with Gasteiger partial charge >= 0.3 is 0 Å². The molecule has 0 aromatic heterocycles. The van der Waals surface area contributed by atoms with Gasteiger partial charge in [0.2, 0.25) is 5.91 Å². The van der Waals surface area contributed by atoms with Crippen LogP contribution in [0.3, 0.4) is 0 Å². The summed E-state index contributed by atoms with van der Waals surface area (Å²) in [6, 6.07) is 15.9. The first kappa shape index (κ1) is 21.5. The Hall–Kier alpha value is -2.20. The van der Waals surface area contributed by atoms with E-state index in [2.05, 4.69) is 48.3 Å². The van der Waals surface area contributed by atoms with Gasteiger partial charge in [0.05, 0.1) is 5.92 Å². The average Bonchev–Trinajstić information content (AvgIpc) is 2.75. The Labute approximate surface area is 174 Å². The van der Waals surface area contributed by atoms with E-state index < -0.39 is 0 Å². The smallest absolute Gasteiger partial charge is 0.224 e. The molecule has 2 aromatic rings. The van der Waals surface area contributed by atoms with Crippen molar-refractivity contribution in [1.29, 1.82) is 0 Å². The van der Waals surface area contributed by atoms with E-state index >= 15 is 0 Å². The number of hydrogen-bond acceptors (Lipinski definition) is 2. The number of nitrogens with zero attached hydrogens (tertiary/aromatic N) is 1. The third kappa shape index (κ3) is 5.66. The zero-order valence-corrected chi connectivity index (χ0v) is 17.8. The minimum atomic E-state index is -0.178. The van der Waals surface area contributed by atoms with Crippen LogP contribution >= 0.6 is 0 Å². The summed E-state index contributed by atoms with van der Waals surface area (Å²) in [5.74, 6) is 0.129. The number of hydrogen-bond donors (Lipinski definition) is 1. The Kier molecular flexibility index (Phi) is 7.43. The lowest BCUT2D eigenvalue weighted by Crippen LogP contribution is -2.47. The first-order valence-corrected chi connectivity index (χ1v) is 10.8. The van der Waals surface area contributed by atoms with Gasteiger partial charge in [0, 0.05) is 31.2 Å². The van der Waals surface area contributed by atoms with Gasteiger partial charge < -0.3 is 5.32 Å². The molecule has 1 amide bonds. The molecule has 4 heteroatoms. The lowest BCUT2D eigenvalue weighted by Gasteiger charge is -2.38. The highest BCUT2D eigenvalue weighted by atomic mass is 19.1. The molecule has 0 saturated carbocycles. The normalized spacial score (nSPS) is 21.0. The van der Waals surface area contributed by atoms with Crippen molar-refractivity contribution in [3.05, 3.63) is 71.0 Å². The lowest BCUT2D eigenvalue weighted by atomic mass is 9.83. The van der Waals surface area contributed by atoms with Gasteiger partial charge in [-0.05, 0) is 49.3 Å². The maximum atomic E-state index is 14.2. The fraction of sp³-hybridized carbons (Fsp3) is 0.480. The molecule has 3 unspecified atom stereocenters. The molecule has 1 N–H and O–H groups in total. The highest BCUT2D eigenvalue weighted by Crippen LogP contribution is 2.32. The molecule has 2 aromatic carbocycles. The third-order valence-electron chi connectivity index (χ3n) is 6.11. The number of carbonyl (C=O) groups excluding carboxylic acids is 1.